The molecule has 4 rings (SSSR count). The monoisotopic (exact) mass is 426 g/mol. The molecule has 1 aromatic heterocycles. The number of likely N-dealkylation sites (tertiary alicyclic amines) is 1. The fraction of sp³-hybridized carbons (Fsp3) is 0.318. The van der Waals surface area contributed by atoms with Gasteiger partial charge in [0.25, 0.3) is 5.91 Å². The molecule has 0 atom stereocenters. The minimum Gasteiger partial charge on any atom is -0.352 e. The minimum atomic E-state index is -0.225. The van der Waals surface area contributed by atoms with Crippen LogP contribution < -0.4 is 11.0 Å². The molecule has 1 fully saturated rings. The number of fused-ring (bicyclic) bond motifs is 1. The van der Waals surface area contributed by atoms with Crippen LogP contribution in [0, 0.1) is 0 Å². The van der Waals surface area contributed by atoms with E-state index in [0.29, 0.717) is 23.7 Å². The van der Waals surface area contributed by atoms with Crippen LogP contribution in [0.15, 0.2) is 53.3 Å². The Morgan fingerprint density at radius 1 is 1.07 bits per heavy atom. The van der Waals surface area contributed by atoms with Crippen molar-refractivity contribution in [3.8, 4) is 0 Å². The van der Waals surface area contributed by atoms with Gasteiger partial charge in [0.05, 0.1) is 11.0 Å². The molecule has 0 spiro atoms. The zero-order valence-electron chi connectivity index (χ0n) is 16.4. The summed E-state index contributed by atoms with van der Waals surface area (Å²) >= 11 is 5.83. The van der Waals surface area contributed by atoms with Gasteiger partial charge in [0.2, 0.25) is 5.91 Å². The molecule has 2 heterocycles. The molecule has 2 N–H and O–H groups in total. The van der Waals surface area contributed by atoms with Crippen LogP contribution in [0.5, 0.6) is 0 Å². The molecule has 1 aliphatic heterocycles. The highest BCUT2D eigenvalue weighted by Crippen LogP contribution is 2.25. The fourth-order valence-corrected chi connectivity index (χ4v) is 4.08. The van der Waals surface area contributed by atoms with Gasteiger partial charge in [-0.25, -0.2) is 4.79 Å². The molecule has 1 aliphatic rings. The lowest BCUT2D eigenvalue weighted by Crippen LogP contribution is -2.41. The molecular weight excluding hydrogens is 404 g/mol. The van der Waals surface area contributed by atoms with E-state index in [0.717, 1.165) is 23.9 Å². The number of piperidine rings is 1. The normalized spacial score (nSPS) is 14.8. The van der Waals surface area contributed by atoms with Gasteiger partial charge < -0.3 is 15.2 Å². The molecule has 2 aromatic carbocycles. The number of hydrogen-bond acceptors (Lipinski definition) is 3. The maximum absolute atomic E-state index is 12.5. The number of H-pyrrole nitrogens is 1. The standard InChI is InChI=1S/C22H23ClN4O3/c23-16-7-5-15(6-8-16)21(29)24-12-9-20(28)26-13-10-17(11-14-26)27-19-4-2-1-3-18(19)25-22(27)30/h1-8,17H,9-14H2,(H,24,29)(H,25,30). The number of benzene rings is 2. The molecule has 3 aromatic rings. The van der Waals surface area contributed by atoms with Crippen LogP contribution in [0.25, 0.3) is 11.0 Å². The van der Waals surface area contributed by atoms with E-state index in [1.54, 1.807) is 24.3 Å². The first-order chi connectivity index (χ1) is 14.5. The largest absolute Gasteiger partial charge is 0.352 e. The summed E-state index contributed by atoms with van der Waals surface area (Å²) in [5.41, 5.74) is 2.14. The molecule has 30 heavy (non-hydrogen) atoms. The van der Waals surface area contributed by atoms with E-state index in [9.17, 15) is 14.4 Å². The number of rotatable bonds is 5. The molecule has 0 saturated carbocycles. The third-order valence-corrected chi connectivity index (χ3v) is 5.79. The van der Waals surface area contributed by atoms with Crippen molar-refractivity contribution in [2.45, 2.75) is 25.3 Å². The first kappa shape index (κ1) is 20.2. The van der Waals surface area contributed by atoms with Crippen molar-refractivity contribution >= 4 is 34.4 Å². The van der Waals surface area contributed by atoms with Crippen molar-refractivity contribution in [2.24, 2.45) is 0 Å². The third kappa shape index (κ3) is 4.26. The van der Waals surface area contributed by atoms with Gasteiger partial charge in [-0.15, -0.1) is 0 Å². The topological polar surface area (TPSA) is 87.2 Å². The van der Waals surface area contributed by atoms with E-state index in [4.69, 9.17) is 11.6 Å². The Hall–Kier alpha value is -3.06. The van der Waals surface area contributed by atoms with Crippen LogP contribution in [-0.2, 0) is 4.79 Å². The van der Waals surface area contributed by atoms with Crippen molar-refractivity contribution in [3.05, 3.63) is 69.6 Å². The molecule has 2 amide bonds. The quantitative estimate of drug-likeness (QED) is 0.657. The smallest absolute Gasteiger partial charge is 0.326 e. The second-order valence-corrected chi connectivity index (χ2v) is 7.88. The Morgan fingerprint density at radius 2 is 1.77 bits per heavy atom. The molecule has 1 saturated heterocycles. The van der Waals surface area contributed by atoms with Gasteiger partial charge in [0.1, 0.15) is 0 Å². The van der Waals surface area contributed by atoms with Crippen LogP contribution in [0.2, 0.25) is 5.02 Å². The Labute approximate surface area is 178 Å². The summed E-state index contributed by atoms with van der Waals surface area (Å²) in [6, 6.07) is 14.3. The average molecular weight is 427 g/mol. The number of carbonyl (C=O) groups is 2. The number of nitrogens with one attached hydrogen (secondary N) is 2. The van der Waals surface area contributed by atoms with Crippen molar-refractivity contribution in [1.82, 2.24) is 19.8 Å². The SMILES string of the molecule is O=C(NCCC(=O)N1CCC(n2c(=O)[nH]c3ccccc32)CC1)c1ccc(Cl)cc1. The Bertz CT molecular complexity index is 1110. The summed E-state index contributed by atoms with van der Waals surface area (Å²) in [5, 5.41) is 3.34. The molecule has 0 radical (unpaired) electrons. The number of halogens is 1. The first-order valence-electron chi connectivity index (χ1n) is 10.0. The second kappa shape index (κ2) is 8.75. The van der Waals surface area contributed by atoms with Crippen LogP contribution >= 0.6 is 11.6 Å². The zero-order chi connectivity index (χ0) is 21.1. The average Bonchev–Trinajstić information content (AvgIpc) is 3.10. The highest BCUT2D eigenvalue weighted by atomic mass is 35.5. The van der Waals surface area contributed by atoms with Crippen molar-refractivity contribution in [1.29, 1.82) is 0 Å². The molecule has 0 unspecified atom stereocenters. The van der Waals surface area contributed by atoms with E-state index in [1.807, 2.05) is 33.7 Å². The number of amides is 2. The molecule has 156 valence electrons. The lowest BCUT2D eigenvalue weighted by molar-refractivity contribution is -0.132. The molecule has 0 bridgehead atoms. The number of aromatic amines is 1. The summed E-state index contributed by atoms with van der Waals surface area (Å²) in [6.07, 6.45) is 1.70. The highest BCUT2D eigenvalue weighted by molar-refractivity contribution is 6.30. The zero-order valence-corrected chi connectivity index (χ0v) is 17.2. The van der Waals surface area contributed by atoms with E-state index in [-0.39, 0.29) is 36.5 Å². The van der Waals surface area contributed by atoms with Gasteiger partial charge in [0.15, 0.2) is 0 Å². The summed E-state index contributed by atoms with van der Waals surface area (Å²) < 4.78 is 1.81. The fourth-order valence-electron chi connectivity index (χ4n) is 3.95. The van der Waals surface area contributed by atoms with Gasteiger partial charge in [0, 0.05) is 42.7 Å². The van der Waals surface area contributed by atoms with Crippen LogP contribution in [0.4, 0.5) is 0 Å². The first-order valence-corrected chi connectivity index (χ1v) is 10.4. The number of hydrogen-bond donors (Lipinski definition) is 2. The maximum atomic E-state index is 12.5. The van der Waals surface area contributed by atoms with Gasteiger partial charge in [-0.3, -0.25) is 14.2 Å². The van der Waals surface area contributed by atoms with E-state index < -0.39 is 0 Å². The van der Waals surface area contributed by atoms with Gasteiger partial charge >= 0.3 is 5.69 Å². The molecule has 0 aliphatic carbocycles. The number of carbonyl (C=O) groups excluding carboxylic acids is 2. The summed E-state index contributed by atoms with van der Waals surface area (Å²) in [7, 11) is 0. The van der Waals surface area contributed by atoms with Crippen molar-refractivity contribution in [2.75, 3.05) is 19.6 Å². The molecular formula is C22H23ClN4O3. The Morgan fingerprint density at radius 3 is 2.50 bits per heavy atom. The minimum absolute atomic E-state index is 0.0103. The van der Waals surface area contributed by atoms with Gasteiger partial charge in [-0.1, -0.05) is 23.7 Å². The number of para-hydroxylation sites is 2. The highest BCUT2D eigenvalue weighted by Gasteiger charge is 2.25. The predicted octanol–water partition coefficient (Wildman–Crippen LogP) is 2.97. The third-order valence-electron chi connectivity index (χ3n) is 5.54. The van der Waals surface area contributed by atoms with Crippen LogP contribution in [-0.4, -0.2) is 45.9 Å². The lowest BCUT2D eigenvalue weighted by atomic mass is 10.0. The maximum Gasteiger partial charge on any atom is 0.326 e. The van der Waals surface area contributed by atoms with Gasteiger partial charge in [-0.2, -0.15) is 0 Å². The second-order valence-electron chi connectivity index (χ2n) is 7.44. The number of nitrogens with zero attached hydrogens (tertiary/aromatic N) is 2. The molecule has 8 heteroatoms. The summed E-state index contributed by atoms with van der Waals surface area (Å²) in [6.45, 7) is 1.48. The van der Waals surface area contributed by atoms with Gasteiger partial charge in [-0.05, 0) is 49.2 Å². The predicted molar refractivity (Wildman–Crippen MR) is 116 cm³/mol. The number of aromatic nitrogens is 2. The lowest BCUT2D eigenvalue weighted by Gasteiger charge is -2.32. The Kier molecular flexibility index (Phi) is 5.90. The molecule has 7 nitrogen and oxygen atoms in total. The van der Waals surface area contributed by atoms with E-state index in [1.165, 1.54) is 0 Å². The Balaban J connectivity index is 1.28. The van der Waals surface area contributed by atoms with E-state index in [2.05, 4.69) is 10.3 Å². The summed E-state index contributed by atoms with van der Waals surface area (Å²) in [5.74, 6) is -0.215. The number of imidazole rings is 1. The summed E-state index contributed by atoms with van der Waals surface area (Å²) in [4.78, 5) is 41.7. The van der Waals surface area contributed by atoms with E-state index >= 15 is 0 Å². The van der Waals surface area contributed by atoms with Crippen molar-refractivity contribution in [3.63, 3.8) is 0 Å². The van der Waals surface area contributed by atoms with Crippen molar-refractivity contribution < 1.29 is 9.59 Å². The van der Waals surface area contributed by atoms with Crippen LogP contribution in [0.3, 0.4) is 0 Å². The van der Waals surface area contributed by atoms with Crippen LogP contribution in [0.1, 0.15) is 35.7 Å².